The van der Waals surface area contributed by atoms with Crippen molar-refractivity contribution in [3.05, 3.63) is 60.3 Å². The van der Waals surface area contributed by atoms with Gasteiger partial charge in [-0.25, -0.2) is 9.37 Å². The number of methoxy groups -OCH3 is 1. The molecule has 0 atom stereocenters. The van der Waals surface area contributed by atoms with E-state index in [0.717, 1.165) is 41.7 Å². The van der Waals surface area contributed by atoms with E-state index in [1.807, 2.05) is 30.1 Å². The topological polar surface area (TPSA) is 97.2 Å². The molecule has 0 saturated heterocycles. The maximum absolute atomic E-state index is 14.7. The third kappa shape index (κ3) is 4.76. The predicted molar refractivity (Wildman–Crippen MR) is 146 cm³/mol. The Hall–Kier alpha value is -3.91. The van der Waals surface area contributed by atoms with Crippen LogP contribution in [0.15, 0.2) is 48.8 Å². The summed E-state index contributed by atoms with van der Waals surface area (Å²) in [5, 5.41) is 11.3. The molecule has 2 N–H and O–H groups in total. The van der Waals surface area contributed by atoms with E-state index in [2.05, 4.69) is 37.6 Å². The van der Waals surface area contributed by atoms with Gasteiger partial charge in [0.05, 0.1) is 30.9 Å². The highest BCUT2D eigenvalue weighted by atomic mass is 31.2. The average molecular weight is 522 g/mol. The third-order valence-electron chi connectivity index (χ3n) is 6.49. The van der Waals surface area contributed by atoms with Gasteiger partial charge in [0, 0.05) is 60.9 Å². The van der Waals surface area contributed by atoms with Crippen molar-refractivity contribution in [2.45, 2.75) is 6.42 Å². The fourth-order valence-electron chi connectivity index (χ4n) is 4.56. The first-order valence-corrected chi connectivity index (χ1v) is 14.4. The molecule has 0 aliphatic carbocycles. The van der Waals surface area contributed by atoms with Crippen LogP contribution in [-0.2, 0) is 18.0 Å². The van der Waals surface area contributed by atoms with Crippen molar-refractivity contribution >= 4 is 41.3 Å². The van der Waals surface area contributed by atoms with Gasteiger partial charge in [-0.1, -0.05) is 12.1 Å². The van der Waals surface area contributed by atoms with E-state index in [1.54, 1.807) is 44.7 Å². The second-order valence-electron chi connectivity index (χ2n) is 9.38. The Labute approximate surface area is 215 Å². The van der Waals surface area contributed by atoms with E-state index in [-0.39, 0.29) is 11.8 Å². The van der Waals surface area contributed by atoms with Crippen LogP contribution in [-0.4, -0.2) is 53.8 Å². The largest absolute Gasteiger partial charge is 0.494 e. The van der Waals surface area contributed by atoms with Gasteiger partial charge >= 0.3 is 0 Å². The molecule has 0 saturated carbocycles. The zero-order chi connectivity index (χ0) is 26.3. The second-order valence-corrected chi connectivity index (χ2v) is 12.6. The Bertz CT molecular complexity index is 1530. The molecule has 4 aromatic rings. The van der Waals surface area contributed by atoms with E-state index in [0.29, 0.717) is 22.4 Å². The van der Waals surface area contributed by atoms with Gasteiger partial charge in [0.1, 0.15) is 12.9 Å². The van der Waals surface area contributed by atoms with Gasteiger partial charge < -0.3 is 24.8 Å². The highest BCUT2D eigenvalue weighted by Crippen LogP contribution is 2.43. The highest BCUT2D eigenvalue weighted by molar-refractivity contribution is 7.70. The molecule has 5 rings (SSSR count). The minimum Gasteiger partial charge on any atom is -0.494 e. The van der Waals surface area contributed by atoms with Crippen LogP contribution in [0.4, 0.5) is 33.2 Å². The zero-order valence-corrected chi connectivity index (χ0v) is 22.3. The number of nitrogens with zero attached hydrogens (tertiary/aromatic N) is 5. The summed E-state index contributed by atoms with van der Waals surface area (Å²) in [6.45, 7) is 4.19. The second kappa shape index (κ2) is 9.52. The average Bonchev–Trinajstić information content (AvgIpc) is 3.17. The maximum Gasteiger partial charge on any atom is 0.229 e. The molecule has 1 aliphatic heterocycles. The van der Waals surface area contributed by atoms with Gasteiger partial charge in [-0.3, -0.25) is 4.68 Å². The number of likely N-dealkylation sites (N-methyl/N-ethyl adjacent to an activating group) is 1. The predicted octanol–water partition coefficient (Wildman–Crippen LogP) is 4.75. The number of rotatable bonds is 6. The Morgan fingerprint density at radius 1 is 1.05 bits per heavy atom. The molecule has 0 radical (unpaired) electrons. The zero-order valence-electron chi connectivity index (χ0n) is 21.4. The van der Waals surface area contributed by atoms with Crippen molar-refractivity contribution in [1.82, 2.24) is 19.7 Å². The first kappa shape index (κ1) is 24.8. The van der Waals surface area contributed by atoms with Crippen molar-refractivity contribution in [3.8, 4) is 16.9 Å². The van der Waals surface area contributed by atoms with Crippen molar-refractivity contribution in [2.24, 2.45) is 7.05 Å². The van der Waals surface area contributed by atoms with Gasteiger partial charge in [-0.2, -0.15) is 10.1 Å². The molecule has 0 fully saturated rings. The fourth-order valence-corrected chi connectivity index (χ4v) is 5.71. The summed E-state index contributed by atoms with van der Waals surface area (Å²) < 4.78 is 35.1. The molecule has 0 spiro atoms. The maximum atomic E-state index is 14.7. The number of aromatic nitrogens is 4. The molecule has 0 amide bonds. The lowest BCUT2D eigenvalue weighted by atomic mass is 10.0. The smallest absolute Gasteiger partial charge is 0.229 e. The lowest BCUT2D eigenvalue weighted by Crippen LogP contribution is -2.20. The minimum atomic E-state index is -2.60. The van der Waals surface area contributed by atoms with Gasteiger partial charge in [0.15, 0.2) is 11.6 Å². The van der Waals surface area contributed by atoms with Crippen molar-refractivity contribution in [1.29, 1.82) is 0 Å². The molecule has 37 heavy (non-hydrogen) atoms. The summed E-state index contributed by atoms with van der Waals surface area (Å²) in [7, 11) is 2.99. The summed E-state index contributed by atoms with van der Waals surface area (Å²) in [6, 6.07) is 11.1. The highest BCUT2D eigenvalue weighted by Gasteiger charge is 2.24. The molecule has 9 nitrogen and oxygen atoms in total. The van der Waals surface area contributed by atoms with Crippen LogP contribution in [0.5, 0.6) is 5.75 Å². The molecule has 11 heteroatoms. The molecule has 0 unspecified atom stereocenters. The fraction of sp³-hybridized carbons (Fsp3) is 0.269. The molecule has 2 aromatic carbocycles. The minimum absolute atomic E-state index is 0.0265. The van der Waals surface area contributed by atoms with Gasteiger partial charge in [0.2, 0.25) is 5.95 Å². The van der Waals surface area contributed by atoms with Crippen LogP contribution in [0, 0.1) is 5.82 Å². The summed E-state index contributed by atoms with van der Waals surface area (Å²) in [4.78, 5) is 10.7. The summed E-state index contributed by atoms with van der Waals surface area (Å²) in [5.41, 5.74) is 5.40. The third-order valence-corrected chi connectivity index (χ3v) is 8.04. The van der Waals surface area contributed by atoms with Crippen LogP contribution < -0.4 is 25.6 Å². The summed E-state index contributed by atoms with van der Waals surface area (Å²) in [5.74, 6) is 0.132. The molecule has 3 heterocycles. The standard InChI is InChI=1S/C26H29FN7O2P/c1-33-11-10-21-17(14-29-34(21)2)16-12-20(23(36-3)13-22(16)33)31-26-28-15-18(27)25(32-26)30-19-8-6-7-9-24(19)37(4,5)35/h6-9,12-15H,10-11H2,1-5H3,(H2,28,30,31,32). The number of hydrogen-bond donors (Lipinski definition) is 2. The number of benzene rings is 2. The Morgan fingerprint density at radius 2 is 1.84 bits per heavy atom. The van der Waals surface area contributed by atoms with Crippen molar-refractivity contribution < 1.29 is 13.7 Å². The van der Waals surface area contributed by atoms with E-state index >= 15 is 0 Å². The molecule has 192 valence electrons. The number of fused-ring (bicyclic) bond motifs is 3. The van der Waals surface area contributed by atoms with E-state index < -0.39 is 13.0 Å². The first-order valence-electron chi connectivity index (χ1n) is 11.8. The van der Waals surface area contributed by atoms with Gasteiger partial charge in [0.25, 0.3) is 0 Å². The SMILES string of the molecule is COc1cc2c(cc1Nc1ncc(F)c(Nc3ccccc3P(C)(C)=O)n1)-c1cnn(C)c1CCN2C. The molecule has 2 aromatic heterocycles. The number of anilines is 5. The normalized spacial score (nSPS) is 13.0. The van der Waals surface area contributed by atoms with Crippen LogP contribution >= 0.6 is 7.14 Å². The summed E-state index contributed by atoms with van der Waals surface area (Å²) in [6.07, 6.45) is 3.83. The van der Waals surface area contributed by atoms with Crippen LogP contribution in [0.25, 0.3) is 11.1 Å². The Kier molecular flexibility index (Phi) is 6.37. The van der Waals surface area contributed by atoms with E-state index in [4.69, 9.17) is 4.74 Å². The number of aryl methyl sites for hydroxylation is 1. The van der Waals surface area contributed by atoms with Crippen molar-refractivity contribution in [3.63, 3.8) is 0 Å². The number of hydrogen-bond acceptors (Lipinski definition) is 8. The number of halogens is 1. The Balaban J connectivity index is 1.53. The van der Waals surface area contributed by atoms with Crippen LogP contribution in [0.2, 0.25) is 0 Å². The first-order chi connectivity index (χ1) is 17.7. The number of nitrogens with one attached hydrogen (secondary N) is 2. The van der Waals surface area contributed by atoms with E-state index in [1.165, 1.54) is 0 Å². The van der Waals surface area contributed by atoms with E-state index in [9.17, 15) is 8.96 Å². The number of para-hydroxylation sites is 1. The van der Waals surface area contributed by atoms with Crippen LogP contribution in [0.1, 0.15) is 5.69 Å². The van der Waals surface area contributed by atoms with Gasteiger partial charge in [-0.15, -0.1) is 0 Å². The number of ether oxygens (including phenoxy) is 1. The lowest BCUT2D eigenvalue weighted by molar-refractivity contribution is 0.417. The van der Waals surface area contributed by atoms with Crippen LogP contribution in [0.3, 0.4) is 0 Å². The quantitative estimate of drug-likeness (QED) is 0.351. The Morgan fingerprint density at radius 3 is 2.59 bits per heavy atom. The molecular formula is C26H29FN7O2P. The monoisotopic (exact) mass is 521 g/mol. The van der Waals surface area contributed by atoms with Crippen molar-refractivity contribution in [2.75, 3.05) is 49.6 Å². The lowest BCUT2D eigenvalue weighted by Gasteiger charge is -2.22. The van der Waals surface area contributed by atoms with Gasteiger partial charge in [-0.05, 0) is 31.5 Å². The molecular weight excluding hydrogens is 492 g/mol. The molecule has 1 aliphatic rings. The summed E-state index contributed by atoms with van der Waals surface area (Å²) >= 11 is 0. The molecule has 0 bridgehead atoms.